The van der Waals surface area contributed by atoms with Gasteiger partial charge in [0.1, 0.15) is 17.4 Å². The Hall–Kier alpha value is -4.60. The summed E-state index contributed by atoms with van der Waals surface area (Å²) in [5, 5.41) is 6.37. The Kier molecular flexibility index (Phi) is 6.30. The monoisotopic (exact) mass is 464 g/mol. The zero-order chi connectivity index (χ0) is 24.2. The molecule has 4 rings (SSSR count). The topological polar surface area (TPSA) is 95.2 Å². The zero-order valence-corrected chi connectivity index (χ0v) is 17.9. The lowest BCUT2D eigenvalue weighted by Gasteiger charge is -2.13. The Morgan fingerprint density at radius 3 is 2.41 bits per heavy atom. The van der Waals surface area contributed by atoms with Gasteiger partial charge in [-0.25, -0.2) is 13.6 Å². The Bertz CT molecular complexity index is 1480. The van der Waals surface area contributed by atoms with Crippen LogP contribution in [0.2, 0.25) is 0 Å². The number of methoxy groups -OCH3 is 1. The number of aromatic nitrogens is 3. The van der Waals surface area contributed by atoms with E-state index in [1.54, 1.807) is 18.2 Å². The van der Waals surface area contributed by atoms with Gasteiger partial charge in [-0.1, -0.05) is 24.3 Å². The van der Waals surface area contributed by atoms with Crippen LogP contribution in [0.4, 0.5) is 14.5 Å². The summed E-state index contributed by atoms with van der Waals surface area (Å²) in [7, 11) is 1.48. The third kappa shape index (κ3) is 4.60. The van der Waals surface area contributed by atoms with Crippen LogP contribution in [-0.4, -0.2) is 27.4 Å². The molecule has 1 N–H and O–H groups in total. The molecule has 1 heterocycles. The van der Waals surface area contributed by atoms with E-state index in [1.807, 2.05) is 0 Å². The van der Waals surface area contributed by atoms with Crippen molar-refractivity contribution in [2.24, 2.45) is 0 Å². The van der Waals surface area contributed by atoms with Gasteiger partial charge in [0.05, 0.1) is 19.3 Å². The van der Waals surface area contributed by atoms with Gasteiger partial charge in [-0.3, -0.25) is 14.2 Å². The van der Waals surface area contributed by atoms with E-state index in [4.69, 9.17) is 4.74 Å². The van der Waals surface area contributed by atoms with Crippen molar-refractivity contribution in [2.45, 2.75) is 6.54 Å². The van der Waals surface area contributed by atoms with Crippen molar-refractivity contribution in [3.8, 4) is 11.4 Å². The quantitative estimate of drug-likeness (QED) is 0.474. The lowest BCUT2D eigenvalue weighted by atomic mass is 10.2. The molecule has 0 bridgehead atoms. The molecule has 10 heteroatoms. The molecule has 1 aromatic heterocycles. The fourth-order valence-corrected chi connectivity index (χ4v) is 3.24. The fourth-order valence-electron chi connectivity index (χ4n) is 3.24. The third-order valence-corrected chi connectivity index (χ3v) is 4.96. The van der Waals surface area contributed by atoms with Crippen LogP contribution in [0.3, 0.4) is 0 Å². The van der Waals surface area contributed by atoms with Crippen LogP contribution < -0.4 is 21.3 Å². The van der Waals surface area contributed by atoms with Crippen molar-refractivity contribution in [1.29, 1.82) is 0 Å². The molecule has 3 aromatic carbocycles. The molecular formula is C24H18F2N4O4. The molecule has 0 saturated heterocycles. The summed E-state index contributed by atoms with van der Waals surface area (Å²) in [6.07, 6.45) is 0. The smallest absolute Gasteiger partial charge is 0.352 e. The van der Waals surface area contributed by atoms with Gasteiger partial charge in [-0.2, -0.15) is 9.78 Å². The first kappa shape index (κ1) is 22.6. The molecule has 4 aromatic rings. The Labute approximate surface area is 191 Å². The lowest BCUT2D eigenvalue weighted by molar-refractivity contribution is 0.101. The first-order valence-electron chi connectivity index (χ1n) is 10.1. The van der Waals surface area contributed by atoms with E-state index in [1.165, 1.54) is 55.6 Å². The van der Waals surface area contributed by atoms with Crippen molar-refractivity contribution in [1.82, 2.24) is 14.3 Å². The first-order valence-corrected chi connectivity index (χ1v) is 10.1. The van der Waals surface area contributed by atoms with E-state index >= 15 is 0 Å². The number of hydrogen-bond donors (Lipinski definition) is 1. The van der Waals surface area contributed by atoms with Gasteiger partial charge in [0.2, 0.25) is 5.69 Å². The highest BCUT2D eigenvalue weighted by Gasteiger charge is 2.21. The van der Waals surface area contributed by atoms with Crippen LogP contribution in [0.25, 0.3) is 5.69 Å². The maximum Gasteiger partial charge on any atom is 0.352 e. The number of anilines is 1. The second kappa shape index (κ2) is 9.49. The summed E-state index contributed by atoms with van der Waals surface area (Å²) in [6.45, 7) is -0.427. The van der Waals surface area contributed by atoms with Crippen molar-refractivity contribution < 1.29 is 18.3 Å². The maximum atomic E-state index is 14.3. The van der Waals surface area contributed by atoms with E-state index in [0.29, 0.717) is 5.75 Å². The Morgan fingerprint density at radius 1 is 1.00 bits per heavy atom. The van der Waals surface area contributed by atoms with E-state index in [9.17, 15) is 23.2 Å². The highest BCUT2D eigenvalue weighted by atomic mass is 19.1. The van der Waals surface area contributed by atoms with Crippen LogP contribution in [0.15, 0.2) is 82.4 Å². The SMILES string of the molecule is COc1ccc(-n2nc(C(=O)Nc3cccc(F)c3)c(=O)n(Cc3ccccc3F)c2=O)cc1. The molecule has 8 nitrogen and oxygen atoms in total. The lowest BCUT2D eigenvalue weighted by Crippen LogP contribution is -2.45. The minimum absolute atomic E-state index is 0.0747. The number of nitrogens with one attached hydrogen (secondary N) is 1. The van der Waals surface area contributed by atoms with Gasteiger partial charge in [0.15, 0.2) is 0 Å². The van der Waals surface area contributed by atoms with Gasteiger partial charge in [-0.15, -0.1) is 0 Å². The number of carbonyl (C=O) groups is 1. The number of halogens is 2. The molecule has 172 valence electrons. The summed E-state index contributed by atoms with van der Waals surface area (Å²) in [6, 6.07) is 16.9. The minimum atomic E-state index is -1.02. The predicted octanol–water partition coefficient (Wildman–Crippen LogP) is 2.98. The Morgan fingerprint density at radius 2 is 1.74 bits per heavy atom. The first-order chi connectivity index (χ1) is 16.4. The number of rotatable bonds is 6. The average Bonchev–Trinajstić information content (AvgIpc) is 2.83. The maximum absolute atomic E-state index is 14.3. The molecule has 1 amide bonds. The van der Waals surface area contributed by atoms with Gasteiger partial charge in [0, 0.05) is 11.3 Å². The van der Waals surface area contributed by atoms with Gasteiger partial charge >= 0.3 is 5.69 Å². The number of carbonyl (C=O) groups excluding carboxylic acids is 1. The molecule has 0 atom stereocenters. The third-order valence-electron chi connectivity index (χ3n) is 4.96. The molecular weight excluding hydrogens is 446 g/mol. The summed E-state index contributed by atoms with van der Waals surface area (Å²) in [5.74, 6) is -1.65. The number of amides is 1. The number of nitrogens with zero attached hydrogens (tertiary/aromatic N) is 3. The number of benzene rings is 3. The van der Waals surface area contributed by atoms with E-state index in [2.05, 4.69) is 10.4 Å². The molecule has 0 aliphatic heterocycles. The molecule has 0 spiro atoms. The fraction of sp³-hybridized carbons (Fsp3) is 0.0833. The van der Waals surface area contributed by atoms with Crippen molar-refractivity contribution >= 4 is 11.6 Å². The standard InChI is InChI=1S/C24H18F2N4O4/c1-34-19-11-9-18(10-12-19)30-24(33)29(14-15-5-2-3-8-20(15)26)23(32)21(28-30)22(31)27-17-7-4-6-16(25)13-17/h2-13H,14H2,1H3,(H,27,31). The molecule has 0 saturated carbocycles. The zero-order valence-electron chi connectivity index (χ0n) is 17.9. The minimum Gasteiger partial charge on any atom is -0.497 e. The van der Waals surface area contributed by atoms with E-state index in [-0.39, 0.29) is 16.9 Å². The van der Waals surface area contributed by atoms with Crippen molar-refractivity contribution in [3.63, 3.8) is 0 Å². The molecule has 0 radical (unpaired) electrons. The molecule has 0 aliphatic carbocycles. The highest BCUT2D eigenvalue weighted by Crippen LogP contribution is 2.14. The molecule has 0 aliphatic rings. The van der Waals surface area contributed by atoms with Gasteiger partial charge in [-0.05, 0) is 48.5 Å². The summed E-state index contributed by atoms with van der Waals surface area (Å²) in [4.78, 5) is 39.2. The molecule has 34 heavy (non-hydrogen) atoms. The molecule has 0 unspecified atom stereocenters. The largest absolute Gasteiger partial charge is 0.497 e. The second-order valence-corrected chi connectivity index (χ2v) is 7.19. The summed E-state index contributed by atoms with van der Waals surface area (Å²) >= 11 is 0. The highest BCUT2D eigenvalue weighted by molar-refractivity contribution is 6.02. The predicted molar refractivity (Wildman–Crippen MR) is 121 cm³/mol. The van der Waals surface area contributed by atoms with Crippen LogP contribution in [0, 0.1) is 11.6 Å². The van der Waals surface area contributed by atoms with E-state index < -0.39 is 41.0 Å². The van der Waals surface area contributed by atoms with Crippen molar-refractivity contribution in [3.05, 3.63) is 117 Å². The van der Waals surface area contributed by atoms with Crippen molar-refractivity contribution in [2.75, 3.05) is 12.4 Å². The average molecular weight is 464 g/mol. The normalized spacial score (nSPS) is 10.7. The van der Waals surface area contributed by atoms with Crippen LogP contribution in [0.1, 0.15) is 16.1 Å². The number of hydrogen-bond acceptors (Lipinski definition) is 5. The summed E-state index contributed by atoms with van der Waals surface area (Å²) < 4.78 is 34.5. The van der Waals surface area contributed by atoms with Crippen LogP contribution in [-0.2, 0) is 6.54 Å². The summed E-state index contributed by atoms with van der Waals surface area (Å²) in [5.41, 5.74) is -2.11. The second-order valence-electron chi connectivity index (χ2n) is 7.19. The van der Waals surface area contributed by atoms with Crippen LogP contribution >= 0.6 is 0 Å². The Balaban J connectivity index is 1.86. The molecule has 0 fully saturated rings. The number of ether oxygens (including phenoxy) is 1. The van der Waals surface area contributed by atoms with E-state index in [0.717, 1.165) is 15.3 Å². The van der Waals surface area contributed by atoms with Gasteiger partial charge < -0.3 is 10.1 Å². The van der Waals surface area contributed by atoms with Crippen LogP contribution in [0.5, 0.6) is 5.75 Å². The van der Waals surface area contributed by atoms with Gasteiger partial charge in [0.25, 0.3) is 11.5 Å².